The summed E-state index contributed by atoms with van der Waals surface area (Å²) in [5, 5.41) is 5.96. The van der Waals surface area contributed by atoms with Crippen LogP contribution in [0.15, 0.2) is 12.4 Å². The van der Waals surface area contributed by atoms with Crippen molar-refractivity contribution in [2.24, 2.45) is 5.92 Å². The molecule has 1 fully saturated rings. The maximum Gasteiger partial charge on any atom is 0.406 e. The van der Waals surface area contributed by atoms with Gasteiger partial charge in [0.1, 0.15) is 13.1 Å². The third-order valence-electron chi connectivity index (χ3n) is 3.18. The molecule has 1 unspecified atom stereocenters. The van der Waals surface area contributed by atoms with Crippen LogP contribution in [0.4, 0.5) is 27.6 Å². The minimum absolute atomic E-state index is 0.136. The fraction of sp³-hybridized carbons (Fsp3) is 0.583. The molecule has 0 saturated carbocycles. The van der Waals surface area contributed by atoms with E-state index in [2.05, 4.69) is 10.4 Å². The van der Waals surface area contributed by atoms with Crippen LogP contribution in [-0.2, 0) is 16.1 Å². The Hall–Kier alpha value is -2.20. The summed E-state index contributed by atoms with van der Waals surface area (Å²) in [7, 11) is 0. The SMILES string of the molecule is O=C(Nc1cnn(CC(F)F)c1)C1CC(=O)N(CC(F)(F)F)C1. The van der Waals surface area contributed by atoms with Gasteiger partial charge in [-0.1, -0.05) is 0 Å². The van der Waals surface area contributed by atoms with E-state index in [0.29, 0.717) is 4.90 Å². The number of amides is 2. The van der Waals surface area contributed by atoms with Gasteiger partial charge in [0, 0.05) is 19.2 Å². The summed E-state index contributed by atoms with van der Waals surface area (Å²) < 4.78 is 62.2. The Bertz CT molecular complexity index is 586. The molecule has 11 heteroatoms. The van der Waals surface area contributed by atoms with Crippen molar-refractivity contribution in [1.29, 1.82) is 0 Å². The van der Waals surface area contributed by atoms with Gasteiger partial charge < -0.3 is 10.2 Å². The molecule has 1 N–H and O–H groups in total. The third kappa shape index (κ3) is 4.89. The Morgan fingerprint density at radius 1 is 1.43 bits per heavy atom. The maximum atomic E-state index is 12.3. The Morgan fingerprint density at radius 3 is 2.74 bits per heavy atom. The predicted molar refractivity (Wildman–Crippen MR) is 67.6 cm³/mol. The van der Waals surface area contributed by atoms with E-state index in [1.807, 2.05) is 0 Å². The maximum absolute atomic E-state index is 12.3. The van der Waals surface area contributed by atoms with E-state index < -0.39 is 43.4 Å². The molecule has 128 valence electrons. The smallest absolute Gasteiger partial charge is 0.333 e. The van der Waals surface area contributed by atoms with Gasteiger partial charge in [-0.05, 0) is 0 Å². The molecule has 2 rings (SSSR count). The summed E-state index contributed by atoms with van der Waals surface area (Å²) in [6.45, 7) is -2.38. The first-order chi connectivity index (χ1) is 10.6. The number of carbonyl (C=O) groups excluding carboxylic acids is 2. The number of likely N-dealkylation sites (tertiary alicyclic amines) is 1. The van der Waals surface area contributed by atoms with Crippen LogP contribution < -0.4 is 5.32 Å². The number of anilines is 1. The quantitative estimate of drug-likeness (QED) is 0.826. The van der Waals surface area contributed by atoms with Crippen molar-refractivity contribution < 1.29 is 31.5 Å². The lowest BCUT2D eigenvalue weighted by atomic mass is 10.1. The van der Waals surface area contributed by atoms with Crippen LogP contribution >= 0.6 is 0 Å². The molecule has 23 heavy (non-hydrogen) atoms. The van der Waals surface area contributed by atoms with Crippen LogP contribution in [0.5, 0.6) is 0 Å². The Kier molecular flexibility index (Phi) is 4.85. The van der Waals surface area contributed by atoms with E-state index in [-0.39, 0.29) is 18.7 Å². The zero-order valence-electron chi connectivity index (χ0n) is 11.7. The first kappa shape index (κ1) is 17.2. The molecule has 0 radical (unpaired) electrons. The van der Waals surface area contributed by atoms with Crippen LogP contribution in [0.25, 0.3) is 0 Å². The van der Waals surface area contributed by atoms with E-state index in [0.717, 1.165) is 10.9 Å². The fourth-order valence-electron chi connectivity index (χ4n) is 2.23. The van der Waals surface area contributed by atoms with E-state index in [1.165, 1.54) is 6.20 Å². The number of halogens is 5. The molecule has 1 atom stereocenters. The number of nitrogens with one attached hydrogen (secondary N) is 1. The molecule has 0 bridgehead atoms. The number of rotatable bonds is 5. The fourth-order valence-corrected chi connectivity index (χ4v) is 2.23. The lowest BCUT2D eigenvalue weighted by molar-refractivity contribution is -0.157. The van der Waals surface area contributed by atoms with Gasteiger partial charge in [-0.25, -0.2) is 8.78 Å². The highest BCUT2D eigenvalue weighted by Crippen LogP contribution is 2.24. The molecule has 2 heterocycles. The number of aromatic nitrogens is 2. The van der Waals surface area contributed by atoms with Gasteiger partial charge in [-0.15, -0.1) is 0 Å². The molecule has 1 aliphatic rings. The van der Waals surface area contributed by atoms with Crippen molar-refractivity contribution in [1.82, 2.24) is 14.7 Å². The topological polar surface area (TPSA) is 67.2 Å². The van der Waals surface area contributed by atoms with Gasteiger partial charge in [0.25, 0.3) is 6.43 Å². The van der Waals surface area contributed by atoms with Crippen molar-refractivity contribution in [3.05, 3.63) is 12.4 Å². The van der Waals surface area contributed by atoms with Crippen molar-refractivity contribution in [2.45, 2.75) is 25.6 Å². The van der Waals surface area contributed by atoms with Gasteiger partial charge in [0.2, 0.25) is 11.8 Å². The molecule has 0 aliphatic carbocycles. The highest BCUT2D eigenvalue weighted by Gasteiger charge is 2.40. The van der Waals surface area contributed by atoms with Crippen LogP contribution in [-0.4, -0.2) is 52.2 Å². The summed E-state index contributed by atoms with van der Waals surface area (Å²) in [4.78, 5) is 24.0. The van der Waals surface area contributed by atoms with E-state index >= 15 is 0 Å². The lowest BCUT2D eigenvalue weighted by Crippen LogP contribution is -2.36. The van der Waals surface area contributed by atoms with Crippen molar-refractivity contribution in [3.8, 4) is 0 Å². The van der Waals surface area contributed by atoms with Gasteiger partial charge in [0.05, 0.1) is 17.8 Å². The van der Waals surface area contributed by atoms with Crippen molar-refractivity contribution in [2.75, 3.05) is 18.4 Å². The van der Waals surface area contributed by atoms with Gasteiger partial charge in [0.15, 0.2) is 0 Å². The summed E-state index contributed by atoms with van der Waals surface area (Å²) in [6.07, 6.45) is -5.15. The standard InChI is InChI=1S/C12H13F5N4O2/c13-9(14)5-21-4-8(2-18-21)19-11(23)7-1-10(22)20(3-7)6-12(15,16)17/h2,4,7,9H,1,3,5-6H2,(H,19,23). The summed E-state index contributed by atoms with van der Waals surface area (Å²) in [5.41, 5.74) is 0.136. The number of alkyl halides is 5. The van der Waals surface area contributed by atoms with Gasteiger partial charge in [-0.2, -0.15) is 18.3 Å². The van der Waals surface area contributed by atoms with Crippen LogP contribution in [0.2, 0.25) is 0 Å². The van der Waals surface area contributed by atoms with E-state index in [4.69, 9.17) is 0 Å². The molecule has 0 aromatic carbocycles. The lowest BCUT2D eigenvalue weighted by Gasteiger charge is -2.18. The average molecular weight is 340 g/mol. The number of nitrogens with zero attached hydrogens (tertiary/aromatic N) is 3. The van der Waals surface area contributed by atoms with Gasteiger partial charge >= 0.3 is 6.18 Å². The molecule has 1 aromatic rings. The zero-order chi connectivity index (χ0) is 17.2. The average Bonchev–Trinajstić information content (AvgIpc) is 2.95. The number of hydrogen-bond acceptors (Lipinski definition) is 3. The number of hydrogen-bond donors (Lipinski definition) is 1. The molecule has 0 spiro atoms. The molecule has 1 aliphatic heterocycles. The van der Waals surface area contributed by atoms with Crippen molar-refractivity contribution in [3.63, 3.8) is 0 Å². The molecular weight excluding hydrogens is 327 g/mol. The molecule has 6 nitrogen and oxygen atoms in total. The van der Waals surface area contributed by atoms with E-state index in [9.17, 15) is 31.5 Å². The second-order valence-corrected chi connectivity index (χ2v) is 5.12. The van der Waals surface area contributed by atoms with Crippen LogP contribution in [0.1, 0.15) is 6.42 Å². The normalized spacial score (nSPS) is 18.8. The van der Waals surface area contributed by atoms with Crippen LogP contribution in [0, 0.1) is 5.92 Å². The molecule has 1 saturated heterocycles. The second-order valence-electron chi connectivity index (χ2n) is 5.12. The molecular formula is C12H13F5N4O2. The second kappa shape index (κ2) is 6.50. The van der Waals surface area contributed by atoms with E-state index in [1.54, 1.807) is 0 Å². The Labute approximate surface area is 127 Å². The largest absolute Gasteiger partial charge is 0.406 e. The minimum atomic E-state index is -4.53. The minimum Gasteiger partial charge on any atom is -0.333 e. The third-order valence-corrected chi connectivity index (χ3v) is 3.18. The Balaban J connectivity index is 1.91. The monoisotopic (exact) mass is 340 g/mol. The number of carbonyl (C=O) groups is 2. The van der Waals surface area contributed by atoms with Gasteiger partial charge in [-0.3, -0.25) is 14.3 Å². The first-order valence-electron chi connectivity index (χ1n) is 6.60. The summed E-state index contributed by atoms with van der Waals surface area (Å²) >= 11 is 0. The highest BCUT2D eigenvalue weighted by molar-refractivity contribution is 5.97. The highest BCUT2D eigenvalue weighted by atomic mass is 19.4. The van der Waals surface area contributed by atoms with Crippen molar-refractivity contribution >= 4 is 17.5 Å². The molecule has 1 aromatic heterocycles. The first-order valence-corrected chi connectivity index (χ1v) is 6.60. The van der Waals surface area contributed by atoms with Crippen LogP contribution in [0.3, 0.4) is 0 Å². The Morgan fingerprint density at radius 2 is 2.13 bits per heavy atom. The summed E-state index contributed by atoms with van der Waals surface area (Å²) in [5.74, 6) is -2.33. The molecule has 2 amide bonds. The summed E-state index contributed by atoms with van der Waals surface area (Å²) in [6, 6.07) is 0. The zero-order valence-corrected chi connectivity index (χ0v) is 11.7. The predicted octanol–water partition coefficient (Wildman–Crippen LogP) is 1.50.